The normalized spacial score (nSPS) is 11.0. The molecule has 0 unspecified atom stereocenters. The lowest BCUT2D eigenvalue weighted by Crippen LogP contribution is -2.19. The van der Waals surface area contributed by atoms with Crippen molar-refractivity contribution in [2.45, 2.75) is 20.4 Å². The molecule has 7 nitrogen and oxygen atoms in total. The topological polar surface area (TPSA) is 77.6 Å². The average molecular weight is 346 g/mol. The van der Waals surface area contributed by atoms with Crippen molar-refractivity contribution in [3.8, 4) is 5.82 Å². The Bertz CT molecular complexity index is 1090. The largest absolute Gasteiger partial charge is 0.338 e. The quantitative estimate of drug-likeness (QED) is 0.616. The number of anilines is 1. The van der Waals surface area contributed by atoms with E-state index in [9.17, 15) is 4.79 Å². The molecule has 0 aliphatic heterocycles. The summed E-state index contributed by atoms with van der Waals surface area (Å²) in [5.74, 6) is 0.917. The van der Waals surface area contributed by atoms with Crippen LogP contribution in [0.5, 0.6) is 0 Å². The van der Waals surface area contributed by atoms with Crippen LogP contribution in [0.1, 0.15) is 11.4 Å². The average Bonchev–Trinajstić information content (AvgIpc) is 3.18. The van der Waals surface area contributed by atoms with E-state index in [4.69, 9.17) is 0 Å². The van der Waals surface area contributed by atoms with Crippen molar-refractivity contribution in [1.29, 1.82) is 0 Å². The summed E-state index contributed by atoms with van der Waals surface area (Å²) in [6.07, 6.45) is 3.33. The van der Waals surface area contributed by atoms with Crippen molar-refractivity contribution in [1.82, 2.24) is 24.3 Å². The number of nitrogens with zero attached hydrogens (tertiary/aromatic N) is 5. The van der Waals surface area contributed by atoms with Crippen LogP contribution < -0.4 is 5.32 Å². The maximum Gasteiger partial charge on any atom is 0.245 e. The van der Waals surface area contributed by atoms with Crippen LogP contribution in [0.25, 0.3) is 16.7 Å². The maximum absolute atomic E-state index is 12.4. The number of carbonyl (C=O) groups is 1. The van der Waals surface area contributed by atoms with Crippen LogP contribution in [-0.4, -0.2) is 30.2 Å². The van der Waals surface area contributed by atoms with Gasteiger partial charge in [-0.15, -0.1) is 0 Å². The Labute approximate surface area is 150 Å². The summed E-state index contributed by atoms with van der Waals surface area (Å²) in [4.78, 5) is 20.8. The SMILES string of the molecule is Cc1cc(C)n(-c2cc(NC(=O)Cn3ccc4ccccc43)ncn2)n1. The van der Waals surface area contributed by atoms with E-state index in [1.165, 1.54) is 6.33 Å². The molecule has 26 heavy (non-hydrogen) atoms. The Morgan fingerprint density at radius 2 is 1.96 bits per heavy atom. The van der Waals surface area contributed by atoms with E-state index in [0.29, 0.717) is 11.6 Å². The van der Waals surface area contributed by atoms with E-state index < -0.39 is 0 Å². The molecule has 4 aromatic rings. The predicted molar refractivity (Wildman–Crippen MR) is 99.2 cm³/mol. The molecule has 130 valence electrons. The van der Waals surface area contributed by atoms with Gasteiger partial charge in [-0.1, -0.05) is 18.2 Å². The van der Waals surface area contributed by atoms with E-state index in [1.54, 1.807) is 10.7 Å². The molecule has 1 N–H and O–H groups in total. The Kier molecular flexibility index (Phi) is 3.96. The van der Waals surface area contributed by atoms with Gasteiger partial charge in [0.1, 0.15) is 18.7 Å². The molecular formula is C19H18N6O. The number of benzene rings is 1. The lowest BCUT2D eigenvalue weighted by Gasteiger charge is -2.08. The Hall–Kier alpha value is -3.48. The van der Waals surface area contributed by atoms with Gasteiger partial charge in [0.05, 0.1) is 5.69 Å². The first-order valence-electron chi connectivity index (χ1n) is 8.29. The first-order valence-corrected chi connectivity index (χ1v) is 8.29. The molecule has 0 saturated carbocycles. The summed E-state index contributed by atoms with van der Waals surface area (Å²) in [6, 6.07) is 13.6. The minimum atomic E-state index is -0.149. The fourth-order valence-electron chi connectivity index (χ4n) is 3.01. The van der Waals surface area contributed by atoms with Crippen LogP contribution in [0.3, 0.4) is 0 Å². The zero-order chi connectivity index (χ0) is 18.1. The second kappa shape index (κ2) is 6.44. The molecule has 4 rings (SSSR count). The van der Waals surface area contributed by atoms with Gasteiger partial charge < -0.3 is 9.88 Å². The van der Waals surface area contributed by atoms with Crippen LogP contribution in [0, 0.1) is 13.8 Å². The zero-order valence-electron chi connectivity index (χ0n) is 14.5. The summed E-state index contributed by atoms with van der Waals surface area (Å²) in [5.41, 5.74) is 2.90. The molecule has 0 atom stereocenters. The minimum absolute atomic E-state index is 0.149. The van der Waals surface area contributed by atoms with Gasteiger partial charge in [-0.25, -0.2) is 14.6 Å². The Balaban J connectivity index is 1.53. The van der Waals surface area contributed by atoms with Gasteiger partial charge in [0, 0.05) is 23.5 Å². The molecule has 0 spiro atoms. The number of rotatable bonds is 4. The number of aryl methyl sites for hydroxylation is 2. The fraction of sp³-hybridized carbons (Fsp3) is 0.158. The molecule has 0 radical (unpaired) electrons. The summed E-state index contributed by atoms with van der Waals surface area (Å²) >= 11 is 0. The highest BCUT2D eigenvalue weighted by molar-refractivity contribution is 5.91. The van der Waals surface area contributed by atoms with E-state index >= 15 is 0 Å². The van der Waals surface area contributed by atoms with Crippen molar-refractivity contribution >= 4 is 22.6 Å². The Morgan fingerprint density at radius 3 is 2.77 bits per heavy atom. The van der Waals surface area contributed by atoms with Crippen molar-refractivity contribution in [3.63, 3.8) is 0 Å². The van der Waals surface area contributed by atoms with E-state index in [-0.39, 0.29) is 12.5 Å². The first-order chi connectivity index (χ1) is 12.6. The van der Waals surface area contributed by atoms with Crippen LogP contribution >= 0.6 is 0 Å². The summed E-state index contributed by atoms with van der Waals surface area (Å²) in [7, 11) is 0. The smallest absolute Gasteiger partial charge is 0.245 e. The summed E-state index contributed by atoms with van der Waals surface area (Å²) < 4.78 is 3.64. The third-order valence-electron chi connectivity index (χ3n) is 4.14. The number of hydrogen-bond acceptors (Lipinski definition) is 4. The second-order valence-electron chi connectivity index (χ2n) is 6.15. The molecule has 0 aliphatic carbocycles. The highest BCUT2D eigenvalue weighted by Crippen LogP contribution is 2.16. The number of carbonyl (C=O) groups excluding carboxylic acids is 1. The van der Waals surface area contributed by atoms with Crippen LogP contribution in [0.2, 0.25) is 0 Å². The van der Waals surface area contributed by atoms with Gasteiger partial charge in [-0.3, -0.25) is 4.79 Å². The molecule has 3 heterocycles. The minimum Gasteiger partial charge on any atom is -0.338 e. The van der Waals surface area contributed by atoms with E-state index in [2.05, 4.69) is 20.4 Å². The molecule has 3 aromatic heterocycles. The van der Waals surface area contributed by atoms with Gasteiger partial charge in [-0.2, -0.15) is 5.10 Å². The highest BCUT2D eigenvalue weighted by Gasteiger charge is 2.10. The highest BCUT2D eigenvalue weighted by atomic mass is 16.2. The van der Waals surface area contributed by atoms with Gasteiger partial charge in [0.2, 0.25) is 5.91 Å². The van der Waals surface area contributed by atoms with Crippen LogP contribution in [-0.2, 0) is 11.3 Å². The summed E-state index contributed by atoms with van der Waals surface area (Å²) in [5, 5.41) is 8.34. The standard InChI is InChI=1S/C19H18N6O/c1-13-9-14(2)25(23-13)18-10-17(20-12-21-18)22-19(26)11-24-8-7-15-5-3-4-6-16(15)24/h3-10,12H,11H2,1-2H3,(H,20,21,22,26). The van der Waals surface area contributed by atoms with Gasteiger partial charge >= 0.3 is 0 Å². The first kappa shape index (κ1) is 16.0. The number of para-hydroxylation sites is 1. The molecule has 1 amide bonds. The Morgan fingerprint density at radius 1 is 1.12 bits per heavy atom. The monoisotopic (exact) mass is 346 g/mol. The number of amides is 1. The lowest BCUT2D eigenvalue weighted by atomic mass is 10.2. The fourth-order valence-corrected chi connectivity index (χ4v) is 3.01. The number of hydrogen-bond donors (Lipinski definition) is 1. The van der Waals surface area contributed by atoms with Crippen LogP contribution in [0.4, 0.5) is 5.82 Å². The predicted octanol–water partition coefficient (Wildman–Crippen LogP) is 2.87. The molecular weight excluding hydrogens is 328 g/mol. The number of fused-ring (bicyclic) bond motifs is 1. The molecule has 7 heteroatoms. The molecule has 1 aromatic carbocycles. The number of nitrogens with one attached hydrogen (secondary N) is 1. The van der Waals surface area contributed by atoms with Crippen molar-refractivity contribution in [3.05, 3.63) is 66.4 Å². The van der Waals surface area contributed by atoms with Crippen molar-refractivity contribution < 1.29 is 4.79 Å². The lowest BCUT2D eigenvalue weighted by molar-refractivity contribution is -0.116. The molecule has 0 fully saturated rings. The third kappa shape index (κ3) is 3.06. The molecule has 0 bridgehead atoms. The van der Waals surface area contributed by atoms with Gasteiger partial charge in [0.15, 0.2) is 5.82 Å². The van der Waals surface area contributed by atoms with Crippen molar-refractivity contribution in [2.75, 3.05) is 5.32 Å². The number of aromatic nitrogens is 5. The van der Waals surface area contributed by atoms with Gasteiger partial charge in [0.25, 0.3) is 0 Å². The van der Waals surface area contributed by atoms with Gasteiger partial charge in [-0.05, 0) is 37.4 Å². The molecule has 0 saturated heterocycles. The second-order valence-corrected chi connectivity index (χ2v) is 6.15. The van der Waals surface area contributed by atoms with Crippen LogP contribution in [0.15, 0.2) is 55.0 Å². The van der Waals surface area contributed by atoms with E-state index in [1.807, 2.05) is 61.0 Å². The molecule has 0 aliphatic rings. The summed E-state index contributed by atoms with van der Waals surface area (Å²) in [6.45, 7) is 4.10. The zero-order valence-corrected chi connectivity index (χ0v) is 14.5. The maximum atomic E-state index is 12.4. The van der Waals surface area contributed by atoms with Crippen molar-refractivity contribution in [2.24, 2.45) is 0 Å². The third-order valence-corrected chi connectivity index (χ3v) is 4.14. The van der Waals surface area contributed by atoms with E-state index in [0.717, 1.165) is 22.3 Å².